The number of benzene rings is 1. The van der Waals surface area contributed by atoms with Crippen LogP contribution in [0.2, 0.25) is 0 Å². The topological polar surface area (TPSA) is 15.3 Å². The number of fused-ring (bicyclic) bond motifs is 2. The van der Waals surface area contributed by atoms with Gasteiger partial charge in [0.2, 0.25) is 0 Å². The van der Waals surface area contributed by atoms with Crippen LogP contribution in [0.25, 0.3) is 0 Å². The van der Waals surface area contributed by atoms with E-state index in [0.717, 1.165) is 6.54 Å². The Morgan fingerprint density at radius 1 is 1.25 bits per heavy atom. The fourth-order valence-electron chi connectivity index (χ4n) is 3.35. The van der Waals surface area contributed by atoms with E-state index in [-0.39, 0.29) is 0 Å². The second kappa shape index (κ2) is 4.19. The van der Waals surface area contributed by atoms with Crippen molar-refractivity contribution >= 4 is 0 Å². The molecular weight excluding hydrogens is 196 g/mol. The highest BCUT2D eigenvalue weighted by molar-refractivity contribution is 5.33. The summed E-state index contributed by atoms with van der Waals surface area (Å²) in [4.78, 5) is 2.66. The molecule has 0 aliphatic carbocycles. The molecule has 1 saturated heterocycles. The molecule has 0 radical (unpaired) electrons. The average Bonchev–Trinajstić information content (AvgIpc) is 2.36. The summed E-state index contributed by atoms with van der Waals surface area (Å²) in [7, 11) is 2.10. The number of piperidine rings is 1. The number of likely N-dealkylation sites (N-methyl/N-ethyl adjacent to an activating group) is 1. The minimum atomic E-state index is 0.533. The van der Waals surface area contributed by atoms with E-state index in [1.165, 1.54) is 36.9 Å². The van der Waals surface area contributed by atoms with E-state index in [1.807, 2.05) is 0 Å². The third-order valence-corrected chi connectivity index (χ3v) is 4.12. The molecule has 1 fully saturated rings. The molecule has 86 valence electrons. The summed E-state index contributed by atoms with van der Waals surface area (Å²) >= 11 is 0. The van der Waals surface area contributed by atoms with Gasteiger partial charge in [0.15, 0.2) is 0 Å². The SMILES string of the molecule is CN[C@H]1c2ccccc2CN2CCCC[C@@H]12. The van der Waals surface area contributed by atoms with Crippen molar-refractivity contribution in [3.8, 4) is 0 Å². The molecule has 0 amide bonds. The number of hydrogen-bond donors (Lipinski definition) is 1. The standard InChI is InChI=1S/C14H20N2/c1-15-14-12-7-3-2-6-11(12)10-16-9-5-4-8-13(14)16/h2-3,6-7,13-15H,4-5,8-10H2,1H3/t13-,14-/m0/s1. The van der Waals surface area contributed by atoms with E-state index in [9.17, 15) is 0 Å². The highest BCUT2D eigenvalue weighted by atomic mass is 15.2. The van der Waals surface area contributed by atoms with Gasteiger partial charge in [0, 0.05) is 18.6 Å². The van der Waals surface area contributed by atoms with Crippen molar-refractivity contribution in [2.24, 2.45) is 0 Å². The summed E-state index contributed by atoms with van der Waals surface area (Å²) in [6, 6.07) is 10.2. The molecular formula is C14H20N2. The first-order valence-corrected chi connectivity index (χ1v) is 6.39. The Labute approximate surface area is 97.6 Å². The van der Waals surface area contributed by atoms with Gasteiger partial charge in [-0.15, -0.1) is 0 Å². The van der Waals surface area contributed by atoms with Crippen molar-refractivity contribution < 1.29 is 0 Å². The molecule has 16 heavy (non-hydrogen) atoms. The number of nitrogens with zero attached hydrogens (tertiary/aromatic N) is 1. The van der Waals surface area contributed by atoms with Gasteiger partial charge in [0.25, 0.3) is 0 Å². The number of hydrogen-bond acceptors (Lipinski definition) is 2. The summed E-state index contributed by atoms with van der Waals surface area (Å²) in [5.41, 5.74) is 3.04. The zero-order chi connectivity index (χ0) is 11.0. The first-order chi connectivity index (χ1) is 7.90. The fraction of sp³-hybridized carbons (Fsp3) is 0.571. The Morgan fingerprint density at radius 2 is 2.12 bits per heavy atom. The van der Waals surface area contributed by atoms with Crippen LogP contribution in [0.1, 0.15) is 36.4 Å². The zero-order valence-corrected chi connectivity index (χ0v) is 9.95. The zero-order valence-electron chi connectivity index (χ0n) is 9.95. The molecule has 0 aromatic heterocycles. The van der Waals surface area contributed by atoms with Crippen LogP contribution in [0, 0.1) is 0 Å². The Morgan fingerprint density at radius 3 is 3.00 bits per heavy atom. The van der Waals surface area contributed by atoms with E-state index in [4.69, 9.17) is 0 Å². The molecule has 0 saturated carbocycles. The van der Waals surface area contributed by atoms with Gasteiger partial charge in [-0.25, -0.2) is 0 Å². The quantitative estimate of drug-likeness (QED) is 0.775. The second-order valence-corrected chi connectivity index (χ2v) is 5.00. The van der Waals surface area contributed by atoms with Gasteiger partial charge in [0.1, 0.15) is 0 Å². The third kappa shape index (κ3) is 1.57. The van der Waals surface area contributed by atoms with Crippen molar-refractivity contribution in [3.63, 3.8) is 0 Å². The minimum Gasteiger partial charge on any atom is -0.312 e. The Bertz CT molecular complexity index is 375. The normalized spacial score (nSPS) is 29.6. The van der Waals surface area contributed by atoms with Gasteiger partial charge in [-0.3, -0.25) is 4.90 Å². The number of rotatable bonds is 1. The molecule has 1 N–H and O–H groups in total. The summed E-state index contributed by atoms with van der Waals surface area (Å²) in [6.07, 6.45) is 4.11. The van der Waals surface area contributed by atoms with E-state index in [0.29, 0.717) is 12.1 Å². The highest BCUT2D eigenvalue weighted by Gasteiger charge is 2.34. The van der Waals surface area contributed by atoms with Gasteiger partial charge >= 0.3 is 0 Å². The predicted molar refractivity (Wildman–Crippen MR) is 66.3 cm³/mol. The maximum absolute atomic E-state index is 3.52. The smallest absolute Gasteiger partial charge is 0.0479 e. The summed E-state index contributed by atoms with van der Waals surface area (Å²) < 4.78 is 0. The molecule has 2 heteroatoms. The molecule has 0 unspecified atom stereocenters. The second-order valence-electron chi connectivity index (χ2n) is 5.00. The Hall–Kier alpha value is -0.860. The molecule has 2 atom stereocenters. The lowest BCUT2D eigenvalue weighted by Gasteiger charge is -2.45. The van der Waals surface area contributed by atoms with Crippen molar-refractivity contribution in [1.82, 2.24) is 10.2 Å². The molecule has 2 heterocycles. The maximum Gasteiger partial charge on any atom is 0.0479 e. The highest BCUT2D eigenvalue weighted by Crippen LogP contribution is 2.35. The van der Waals surface area contributed by atoms with Crippen LogP contribution in [0.3, 0.4) is 0 Å². The largest absolute Gasteiger partial charge is 0.312 e. The van der Waals surface area contributed by atoms with Gasteiger partial charge in [-0.2, -0.15) is 0 Å². The van der Waals surface area contributed by atoms with Crippen LogP contribution in [0.15, 0.2) is 24.3 Å². The van der Waals surface area contributed by atoms with Crippen LogP contribution in [0.4, 0.5) is 0 Å². The maximum atomic E-state index is 3.52. The lowest BCUT2D eigenvalue weighted by atomic mass is 9.84. The van der Waals surface area contributed by atoms with Crippen molar-refractivity contribution in [3.05, 3.63) is 35.4 Å². The van der Waals surface area contributed by atoms with Crippen molar-refractivity contribution in [1.29, 1.82) is 0 Å². The lowest BCUT2D eigenvalue weighted by Crippen LogP contribution is -2.49. The lowest BCUT2D eigenvalue weighted by molar-refractivity contribution is 0.0945. The van der Waals surface area contributed by atoms with Gasteiger partial charge < -0.3 is 5.32 Å². The monoisotopic (exact) mass is 216 g/mol. The molecule has 3 rings (SSSR count). The molecule has 2 aliphatic heterocycles. The molecule has 1 aromatic carbocycles. The Balaban J connectivity index is 1.99. The first kappa shape index (κ1) is 10.3. The molecule has 1 aromatic rings. The van der Waals surface area contributed by atoms with E-state index < -0.39 is 0 Å². The van der Waals surface area contributed by atoms with Crippen LogP contribution in [-0.4, -0.2) is 24.5 Å². The van der Waals surface area contributed by atoms with Gasteiger partial charge in [-0.1, -0.05) is 30.7 Å². The van der Waals surface area contributed by atoms with E-state index >= 15 is 0 Å². The van der Waals surface area contributed by atoms with Crippen LogP contribution in [0.5, 0.6) is 0 Å². The third-order valence-electron chi connectivity index (χ3n) is 4.12. The average molecular weight is 216 g/mol. The summed E-state index contributed by atoms with van der Waals surface area (Å²) in [5.74, 6) is 0. The predicted octanol–water partition coefficient (Wildman–Crippen LogP) is 2.32. The van der Waals surface area contributed by atoms with E-state index in [2.05, 4.69) is 41.5 Å². The van der Waals surface area contributed by atoms with Crippen molar-refractivity contribution in [2.75, 3.05) is 13.6 Å². The molecule has 2 aliphatic rings. The first-order valence-electron chi connectivity index (χ1n) is 6.39. The fourth-order valence-corrected chi connectivity index (χ4v) is 3.35. The van der Waals surface area contributed by atoms with Crippen LogP contribution < -0.4 is 5.32 Å². The summed E-state index contributed by atoms with van der Waals surface area (Å²) in [6.45, 7) is 2.43. The summed E-state index contributed by atoms with van der Waals surface area (Å²) in [5, 5.41) is 3.52. The van der Waals surface area contributed by atoms with E-state index in [1.54, 1.807) is 0 Å². The van der Waals surface area contributed by atoms with Crippen LogP contribution >= 0.6 is 0 Å². The van der Waals surface area contributed by atoms with Gasteiger partial charge in [-0.05, 0) is 37.6 Å². The minimum absolute atomic E-state index is 0.533. The molecule has 0 bridgehead atoms. The Kier molecular flexibility index (Phi) is 2.70. The number of nitrogens with one attached hydrogen (secondary N) is 1. The van der Waals surface area contributed by atoms with Crippen LogP contribution in [-0.2, 0) is 6.54 Å². The van der Waals surface area contributed by atoms with Crippen molar-refractivity contribution in [2.45, 2.75) is 37.9 Å². The molecule has 0 spiro atoms. The van der Waals surface area contributed by atoms with Gasteiger partial charge in [0.05, 0.1) is 0 Å². The molecule has 2 nitrogen and oxygen atoms in total.